The first-order chi connectivity index (χ1) is 10.7. The average Bonchev–Trinajstić information content (AvgIpc) is 2.99. The Morgan fingerprint density at radius 1 is 1.32 bits per heavy atom. The van der Waals surface area contributed by atoms with Crippen LogP contribution in [-0.4, -0.2) is 32.5 Å². The van der Waals surface area contributed by atoms with Crippen molar-refractivity contribution in [3.05, 3.63) is 35.4 Å². The van der Waals surface area contributed by atoms with Crippen LogP contribution in [0.15, 0.2) is 24.3 Å². The third-order valence-corrected chi connectivity index (χ3v) is 5.13. The van der Waals surface area contributed by atoms with Gasteiger partial charge in [0.2, 0.25) is 0 Å². The molecule has 4 nitrogen and oxygen atoms in total. The lowest BCUT2D eigenvalue weighted by Crippen LogP contribution is -2.49. The zero-order valence-electron chi connectivity index (χ0n) is 13.2. The highest BCUT2D eigenvalue weighted by atomic mass is 16.5. The molecule has 1 aromatic rings. The van der Waals surface area contributed by atoms with E-state index in [0.29, 0.717) is 12.0 Å². The van der Waals surface area contributed by atoms with E-state index in [9.17, 15) is 0 Å². The number of hydrogen-bond donors (Lipinski definition) is 1. The van der Waals surface area contributed by atoms with Gasteiger partial charge >= 0.3 is 0 Å². The molecule has 118 valence electrons. The first-order valence-corrected chi connectivity index (χ1v) is 8.18. The van der Waals surface area contributed by atoms with E-state index < -0.39 is 0 Å². The van der Waals surface area contributed by atoms with E-state index in [2.05, 4.69) is 24.4 Å². The molecule has 0 aromatic heterocycles. The minimum Gasteiger partial charge on any atom is -0.381 e. The molecule has 3 rings (SSSR count). The lowest BCUT2D eigenvalue weighted by atomic mass is 9.81. The third kappa shape index (κ3) is 3.17. The molecular formula is C18H24N2O2. The molecule has 2 aliphatic heterocycles. The lowest BCUT2D eigenvalue weighted by molar-refractivity contribution is 0.0324. The van der Waals surface area contributed by atoms with Crippen molar-refractivity contribution < 1.29 is 9.47 Å². The minimum atomic E-state index is -0.0760. The average molecular weight is 300 g/mol. The summed E-state index contributed by atoms with van der Waals surface area (Å²) in [5.74, 6) is 0.568. The summed E-state index contributed by atoms with van der Waals surface area (Å²) in [6.45, 7) is 5.51. The number of nitriles is 1. The third-order valence-electron chi connectivity index (χ3n) is 5.13. The molecule has 22 heavy (non-hydrogen) atoms. The molecule has 2 fully saturated rings. The summed E-state index contributed by atoms with van der Waals surface area (Å²) in [6.07, 6.45) is 3.35. The molecule has 2 heterocycles. The molecule has 0 spiro atoms. The number of nitrogens with one attached hydrogen (secondary N) is 1. The Labute approximate surface area is 132 Å². The van der Waals surface area contributed by atoms with Gasteiger partial charge in [0.15, 0.2) is 0 Å². The van der Waals surface area contributed by atoms with Crippen LogP contribution >= 0.6 is 0 Å². The molecule has 1 aromatic carbocycles. The summed E-state index contributed by atoms with van der Waals surface area (Å²) in [6, 6.07) is 10.2. The van der Waals surface area contributed by atoms with Gasteiger partial charge in [-0.05, 0) is 49.8 Å². The van der Waals surface area contributed by atoms with Crippen LogP contribution in [0.5, 0.6) is 0 Å². The normalized spacial score (nSPS) is 27.5. The molecule has 2 atom stereocenters. The molecule has 0 amide bonds. The Morgan fingerprint density at radius 3 is 2.82 bits per heavy atom. The van der Waals surface area contributed by atoms with Gasteiger partial charge in [-0.1, -0.05) is 12.1 Å². The van der Waals surface area contributed by atoms with Crippen molar-refractivity contribution in [3.8, 4) is 6.07 Å². The topological polar surface area (TPSA) is 54.3 Å². The molecule has 0 radical (unpaired) electrons. The van der Waals surface area contributed by atoms with Gasteiger partial charge in [0.25, 0.3) is 0 Å². The van der Waals surface area contributed by atoms with Crippen LogP contribution in [0.3, 0.4) is 0 Å². The van der Waals surface area contributed by atoms with Gasteiger partial charge in [-0.15, -0.1) is 0 Å². The van der Waals surface area contributed by atoms with E-state index in [1.54, 1.807) is 0 Å². The summed E-state index contributed by atoms with van der Waals surface area (Å²) in [4.78, 5) is 0. The maximum atomic E-state index is 9.17. The van der Waals surface area contributed by atoms with Gasteiger partial charge in [0.1, 0.15) is 0 Å². The van der Waals surface area contributed by atoms with E-state index >= 15 is 0 Å². The van der Waals surface area contributed by atoms with Crippen LogP contribution in [0.4, 0.5) is 0 Å². The number of benzene rings is 1. The van der Waals surface area contributed by atoms with Gasteiger partial charge < -0.3 is 14.8 Å². The quantitative estimate of drug-likeness (QED) is 0.928. The second kappa shape index (κ2) is 6.78. The summed E-state index contributed by atoms with van der Waals surface area (Å²) in [7, 11) is 0. The van der Waals surface area contributed by atoms with Crippen LogP contribution in [0.2, 0.25) is 0 Å². The highest BCUT2D eigenvalue weighted by Gasteiger charge is 2.36. The van der Waals surface area contributed by atoms with Crippen LogP contribution in [0.1, 0.15) is 37.3 Å². The SMILES string of the molecule is CC1OCCC1CNC1(c2cccc(C#N)c2)CCOCC1. The smallest absolute Gasteiger partial charge is 0.0991 e. The van der Waals surface area contributed by atoms with Gasteiger partial charge in [-0.25, -0.2) is 0 Å². The Morgan fingerprint density at radius 2 is 2.14 bits per heavy atom. The first-order valence-electron chi connectivity index (χ1n) is 8.18. The van der Waals surface area contributed by atoms with Crippen molar-refractivity contribution in [1.82, 2.24) is 5.32 Å². The first kappa shape index (κ1) is 15.5. The highest BCUT2D eigenvalue weighted by molar-refractivity contribution is 5.36. The molecule has 2 aliphatic rings. The predicted molar refractivity (Wildman–Crippen MR) is 84.4 cm³/mol. The molecule has 0 aliphatic carbocycles. The number of ether oxygens (including phenoxy) is 2. The monoisotopic (exact) mass is 300 g/mol. The maximum Gasteiger partial charge on any atom is 0.0991 e. The van der Waals surface area contributed by atoms with Crippen molar-refractivity contribution in [2.45, 2.75) is 37.8 Å². The van der Waals surface area contributed by atoms with Crippen LogP contribution in [-0.2, 0) is 15.0 Å². The molecule has 4 heteroatoms. The minimum absolute atomic E-state index is 0.0760. The molecular weight excluding hydrogens is 276 g/mol. The van der Waals surface area contributed by atoms with Gasteiger partial charge in [-0.3, -0.25) is 0 Å². The molecule has 0 saturated carbocycles. The maximum absolute atomic E-state index is 9.17. The molecule has 1 N–H and O–H groups in total. The Bertz CT molecular complexity index is 546. The van der Waals surface area contributed by atoms with Crippen LogP contribution in [0.25, 0.3) is 0 Å². The van der Waals surface area contributed by atoms with Crippen molar-refractivity contribution >= 4 is 0 Å². The van der Waals surface area contributed by atoms with Crippen LogP contribution < -0.4 is 5.32 Å². The van der Waals surface area contributed by atoms with Gasteiger partial charge in [-0.2, -0.15) is 5.26 Å². The number of nitrogens with zero attached hydrogens (tertiary/aromatic N) is 1. The Kier molecular flexibility index (Phi) is 4.77. The largest absolute Gasteiger partial charge is 0.381 e. The second-order valence-electron chi connectivity index (χ2n) is 6.39. The van der Waals surface area contributed by atoms with Gasteiger partial charge in [0.05, 0.1) is 17.7 Å². The van der Waals surface area contributed by atoms with Crippen molar-refractivity contribution in [3.63, 3.8) is 0 Å². The van der Waals surface area contributed by atoms with Crippen LogP contribution in [0, 0.1) is 17.2 Å². The standard InChI is InChI=1S/C18H24N2O2/c1-14-16(5-8-22-14)13-20-18(6-9-21-10-7-18)17-4-2-3-15(11-17)12-19/h2-4,11,14,16,20H,5-10,13H2,1H3. The Hall–Kier alpha value is -1.41. The predicted octanol–water partition coefficient (Wildman–Crippen LogP) is 2.58. The second-order valence-corrected chi connectivity index (χ2v) is 6.39. The fraction of sp³-hybridized carbons (Fsp3) is 0.611. The fourth-order valence-electron chi connectivity index (χ4n) is 3.54. The molecule has 2 saturated heterocycles. The summed E-state index contributed by atoms with van der Waals surface area (Å²) < 4.78 is 11.2. The summed E-state index contributed by atoms with van der Waals surface area (Å²) >= 11 is 0. The van der Waals surface area contributed by atoms with Crippen molar-refractivity contribution in [1.29, 1.82) is 5.26 Å². The summed E-state index contributed by atoms with van der Waals surface area (Å²) in [5, 5.41) is 13.0. The van der Waals surface area contributed by atoms with E-state index in [1.807, 2.05) is 18.2 Å². The van der Waals surface area contributed by atoms with E-state index in [1.165, 1.54) is 5.56 Å². The van der Waals surface area contributed by atoms with Crippen molar-refractivity contribution in [2.75, 3.05) is 26.4 Å². The number of rotatable bonds is 4. The van der Waals surface area contributed by atoms with E-state index in [-0.39, 0.29) is 5.54 Å². The fourth-order valence-corrected chi connectivity index (χ4v) is 3.54. The zero-order valence-corrected chi connectivity index (χ0v) is 13.2. The van der Waals surface area contributed by atoms with E-state index in [0.717, 1.165) is 51.2 Å². The number of hydrogen-bond acceptors (Lipinski definition) is 4. The molecule has 0 bridgehead atoms. The molecule has 2 unspecified atom stereocenters. The summed E-state index contributed by atoms with van der Waals surface area (Å²) in [5.41, 5.74) is 1.86. The van der Waals surface area contributed by atoms with Crippen molar-refractivity contribution in [2.24, 2.45) is 5.92 Å². The highest BCUT2D eigenvalue weighted by Crippen LogP contribution is 2.33. The zero-order chi connectivity index (χ0) is 15.4. The lowest BCUT2D eigenvalue weighted by Gasteiger charge is -2.40. The van der Waals surface area contributed by atoms with Gasteiger partial charge in [0, 0.05) is 31.9 Å². The van der Waals surface area contributed by atoms with E-state index in [4.69, 9.17) is 14.7 Å². The Balaban J connectivity index is 1.79.